The topological polar surface area (TPSA) is 68.2 Å². The zero-order valence-electron chi connectivity index (χ0n) is 14.2. The maximum Gasteiger partial charge on any atom is 0.315 e. The van der Waals surface area contributed by atoms with Crippen LogP contribution in [0.3, 0.4) is 0 Å². The number of urea groups is 1. The van der Waals surface area contributed by atoms with Crippen molar-refractivity contribution in [1.29, 1.82) is 0 Å². The predicted octanol–water partition coefficient (Wildman–Crippen LogP) is 2.63. The number of ether oxygens (including phenoxy) is 1. The van der Waals surface area contributed by atoms with Crippen LogP contribution in [0.5, 0.6) is 0 Å². The van der Waals surface area contributed by atoms with Gasteiger partial charge in [0.25, 0.3) is 0 Å². The molecule has 2 aromatic rings. The molecular formula is C19H24N4O2. The maximum absolute atomic E-state index is 12.3. The van der Waals surface area contributed by atoms with Gasteiger partial charge in [0.15, 0.2) is 0 Å². The van der Waals surface area contributed by atoms with Gasteiger partial charge in [-0.1, -0.05) is 12.1 Å². The molecule has 0 unspecified atom stereocenters. The van der Waals surface area contributed by atoms with Crippen LogP contribution in [-0.2, 0) is 11.3 Å². The Balaban J connectivity index is 1.32. The van der Waals surface area contributed by atoms with Crippen LogP contribution in [0.15, 0.2) is 42.7 Å². The Hall–Kier alpha value is -2.34. The smallest absolute Gasteiger partial charge is 0.315 e. The molecule has 1 aromatic heterocycles. The highest BCUT2D eigenvalue weighted by molar-refractivity contribution is 5.74. The Morgan fingerprint density at radius 3 is 3.12 bits per heavy atom. The van der Waals surface area contributed by atoms with Crippen LogP contribution in [0.1, 0.15) is 31.2 Å². The third kappa shape index (κ3) is 3.69. The van der Waals surface area contributed by atoms with Crippen LogP contribution in [0.2, 0.25) is 0 Å². The quantitative estimate of drug-likeness (QED) is 0.899. The van der Waals surface area contributed by atoms with Crippen molar-refractivity contribution in [2.75, 3.05) is 6.61 Å². The van der Waals surface area contributed by atoms with E-state index in [1.807, 2.05) is 41.2 Å². The fourth-order valence-electron chi connectivity index (χ4n) is 3.99. The summed E-state index contributed by atoms with van der Waals surface area (Å²) in [5.41, 5.74) is 2.04. The number of carbonyl (C=O) groups is 1. The lowest BCUT2D eigenvalue weighted by Crippen LogP contribution is -2.49. The number of hydrogen-bond acceptors (Lipinski definition) is 3. The number of benzene rings is 1. The number of nitrogens with one attached hydrogen (secondary N) is 2. The SMILES string of the molecule is O=C(NCc1cccc(-n2cccn2)c1)N[C@@H]1CCC[C@@H]2OCC[C@@H]21. The summed E-state index contributed by atoms with van der Waals surface area (Å²) in [6, 6.07) is 10.1. The summed E-state index contributed by atoms with van der Waals surface area (Å²) < 4.78 is 7.58. The Kier molecular flexibility index (Phi) is 4.70. The minimum absolute atomic E-state index is 0.0953. The molecule has 6 heteroatoms. The van der Waals surface area contributed by atoms with E-state index in [9.17, 15) is 4.79 Å². The molecule has 3 atom stereocenters. The van der Waals surface area contributed by atoms with Gasteiger partial charge in [-0.15, -0.1) is 0 Å². The molecule has 2 amide bonds. The number of fused-ring (bicyclic) bond motifs is 1. The second-order valence-corrected chi connectivity index (χ2v) is 6.85. The summed E-state index contributed by atoms with van der Waals surface area (Å²) >= 11 is 0. The Bertz CT molecular complexity index is 716. The summed E-state index contributed by atoms with van der Waals surface area (Å²) in [7, 11) is 0. The van der Waals surface area contributed by atoms with Crippen LogP contribution in [0, 0.1) is 5.92 Å². The van der Waals surface area contributed by atoms with E-state index in [0.717, 1.165) is 43.5 Å². The van der Waals surface area contributed by atoms with Gasteiger partial charge in [0.1, 0.15) is 0 Å². The third-order valence-electron chi connectivity index (χ3n) is 5.23. The molecule has 1 aliphatic heterocycles. The zero-order valence-corrected chi connectivity index (χ0v) is 14.2. The van der Waals surface area contributed by atoms with Crippen molar-refractivity contribution in [2.24, 2.45) is 5.92 Å². The van der Waals surface area contributed by atoms with Gasteiger partial charge >= 0.3 is 6.03 Å². The molecule has 2 aliphatic rings. The normalized spacial score (nSPS) is 25.4. The Morgan fingerprint density at radius 2 is 2.24 bits per heavy atom. The number of aromatic nitrogens is 2. The van der Waals surface area contributed by atoms with Crippen molar-refractivity contribution in [3.63, 3.8) is 0 Å². The second-order valence-electron chi connectivity index (χ2n) is 6.85. The molecule has 1 aromatic carbocycles. The van der Waals surface area contributed by atoms with Gasteiger partial charge < -0.3 is 15.4 Å². The number of rotatable bonds is 4. The van der Waals surface area contributed by atoms with Crippen LogP contribution in [-0.4, -0.2) is 34.6 Å². The molecule has 132 valence electrons. The summed E-state index contributed by atoms with van der Waals surface area (Å²) in [5.74, 6) is 0.475. The van der Waals surface area contributed by atoms with E-state index >= 15 is 0 Å². The predicted molar refractivity (Wildman–Crippen MR) is 94.4 cm³/mol. The zero-order chi connectivity index (χ0) is 17.1. The van der Waals surface area contributed by atoms with Gasteiger partial charge in [0.05, 0.1) is 11.8 Å². The first-order valence-corrected chi connectivity index (χ1v) is 9.04. The highest BCUT2D eigenvalue weighted by Crippen LogP contribution is 2.34. The Labute approximate surface area is 147 Å². The van der Waals surface area contributed by atoms with Gasteiger partial charge in [0, 0.05) is 37.5 Å². The minimum Gasteiger partial charge on any atom is -0.378 e. The molecule has 0 radical (unpaired) electrons. The van der Waals surface area contributed by atoms with Gasteiger partial charge in [0.2, 0.25) is 0 Å². The van der Waals surface area contributed by atoms with E-state index in [2.05, 4.69) is 15.7 Å². The average Bonchev–Trinajstić information content (AvgIpc) is 3.32. The van der Waals surface area contributed by atoms with E-state index in [-0.39, 0.29) is 12.1 Å². The summed E-state index contributed by atoms with van der Waals surface area (Å²) in [6.07, 6.45) is 8.35. The molecule has 1 saturated carbocycles. The Morgan fingerprint density at radius 1 is 1.28 bits per heavy atom. The van der Waals surface area contributed by atoms with Gasteiger partial charge in [-0.3, -0.25) is 0 Å². The summed E-state index contributed by atoms with van der Waals surface area (Å²) in [5, 5.41) is 10.4. The van der Waals surface area contributed by atoms with Crippen molar-refractivity contribution in [2.45, 2.75) is 44.4 Å². The number of nitrogens with zero attached hydrogens (tertiary/aromatic N) is 2. The van der Waals surface area contributed by atoms with Crippen molar-refractivity contribution in [3.8, 4) is 5.69 Å². The fraction of sp³-hybridized carbons (Fsp3) is 0.474. The fourth-order valence-corrected chi connectivity index (χ4v) is 3.99. The van der Waals surface area contributed by atoms with Gasteiger partial charge in [-0.2, -0.15) is 5.10 Å². The monoisotopic (exact) mass is 340 g/mol. The molecule has 0 spiro atoms. The molecule has 2 heterocycles. The van der Waals surface area contributed by atoms with Crippen molar-refractivity contribution < 1.29 is 9.53 Å². The second kappa shape index (κ2) is 7.27. The van der Waals surface area contributed by atoms with E-state index in [0.29, 0.717) is 18.6 Å². The largest absolute Gasteiger partial charge is 0.378 e. The van der Waals surface area contributed by atoms with Crippen molar-refractivity contribution in [3.05, 3.63) is 48.3 Å². The van der Waals surface area contributed by atoms with Crippen molar-refractivity contribution >= 4 is 6.03 Å². The van der Waals surface area contributed by atoms with E-state index in [4.69, 9.17) is 4.74 Å². The summed E-state index contributed by atoms with van der Waals surface area (Å²) in [4.78, 5) is 12.3. The van der Waals surface area contributed by atoms with Crippen LogP contribution >= 0.6 is 0 Å². The number of carbonyl (C=O) groups excluding carboxylic acids is 1. The highest BCUT2D eigenvalue weighted by Gasteiger charge is 2.38. The number of hydrogen-bond donors (Lipinski definition) is 2. The molecule has 1 aliphatic carbocycles. The molecular weight excluding hydrogens is 316 g/mol. The van der Waals surface area contributed by atoms with Gasteiger partial charge in [-0.05, 0) is 49.4 Å². The highest BCUT2D eigenvalue weighted by atomic mass is 16.5. The molecule has 2 fully saturated rings. The van der Waals surface area contributed by atoms with Crippen molar-refractivity contribution in [1.82, 2.24) is 20.4 Å². The molecule has 6 nitrogen and oxygen atoms in total. The van der Waals surface area contributed by atoms with Crippen LogP contribution in [0.25, 0.3) is 5.69 Å². The lowest BCUT2D eigenvalue weighted by atomic mass is 9.82. The molecule has 0 bridgehead atoms. The maximum atomic E-state index is 12.3. The molecule has 2 N–H and O–H groups in total. The first-order valence-electron chi connectivity index (χ1n) is 9.04. The van der Waals surface area contributed by atoms with Gasteiger partial charge in [-0.25, -0.2) is 9.48 Å². The average molecular weight is 340 g/mol. The number of amides is 2. The lowest BCUT2D eigenvalue weighted by molar-refractivity contribution is 0.0549. The molecule has 25 heavy (non-hydrogen) atoms. The first kappa shape index (κ1) is 16.1. The minimum atomic E-state index is -0.0953. The van der Waals surface area contributed by atoms with Crippen LogP contribution in [0.4, 0.5) is 4.79 Å². The van der Waals surface area contributed by atoms with Crippen LogP contribution < -0.4 is 10.6 Å². The standard InChI is InChI=1S/C19H24N4O2/c24-19(22-17-6-2-7-18-16(17)8-11-25-18)20-13-14-4-1-5-15(12-14)23-10-3-9-21-23/h1,3-5,9-10,12,16-18H,2,6-8,11,13H2,(H2,20,22,24)/t16-,17-,18+/m1/s1. The van der Waals surface area contributed by atoms with E-state index < -0.39 is 0 Å². The van der Waals surface area contributed by atoms with E-state index in [1.54, 1.807) is 6.20 Å². The lowest BCUT2D eigenvalue weighted by Gasteiger charge is -2.33. The molecule has 1 saturated heterocycles. The van der Waals surface area contributed by atoms with E-state index in [1.165, 1.54) is 0 Å². The summed E-state index contributed by atoms with van der Waals surface area (Å²) in [6.45, 7) is 1.33. The first-order chi connectivity index (χ1) is 12.3. The molecule has 4 rings (SSSR count). The third-order valence-corrected chi connectivity index (χ3v) is 5.23.